The summed E-state index contributed by atoms with van der Waals surface area (Å²) in [6.07, 6.45) is 2.81. The third-order valence-electron chi connectivity index (χ3n) is 2.44. The molecule has 0 aromatic carbocycles. The molecule has 0 spiro atoms. The zero-order valence-electron chi connectivity index (χ0n) is 11.0. The molecule has 0 aliphatic carbocycles. The average Bonchev–Trinajstić information content (AvgIpc) is 2.67. The minimum Gasteiger partial charge on any atom is -0.444 e. The lowest BCUT2D eigenvalue weighted by atomic mass is 10.1. The Kier molecular flexibility index (Phi) is 5.71. The van der Waals surface area contributed by atoms with Crippen LogP contribution in [0, 0.1) is 0 Å². The molecule has 1 heterocycles. The molecule has 5 heteroatoms. The van der Waals surface area contributed by atoms with Crippen molar-refractivity contribution in [2.75, 3.05) is 19.9 Å². The molecule has 5 nitrogen and oxygen atoms in total. The molecule has 1 amide bonds. The quantitative estimate of drug-likeness (QED) is 0.722. The van der Waals surface area contributed by atoms with Gasteiger partial charge in [0.15, 0.2) is 0 Å². The number of hydrogen-bond donors (Lipinski definition) is 2. The summed E-state index contributed by atoms with van der Waals surface area (Å²) in [5.74, 6) is 0. The van der Waals surface area contributed by atoms with Crippen molar-refractivity contribution < 1.29 is 14.3 Å². The van der Waals surface area contributed by atoms with Crippen LogP contribution in [0.5, 0.6) is 0 Å². The number of unbranched alkanes of at least 4 members (excludes halogenated alkanes) is 1. The van der Waals surface area contributed by atoms with E-state index in [0.29, 0.717) is 19.3 Å². The first-order chi connectivity index (χ1) is 7.97. The van der Waals surface area contributed by atoms with Crippen molar-refractivity contribution in [1.82, 2.24) is 10.6 Å². The molecule has 0 unspecified atom stereocenters. The Morgan fingerprint density at radius 3 is 2.82 bits per heavy atom. The second-order valence-corrected chi connectivity index (χ2v) is 5.34. The molecule has 1 atom stereocenters. The van der Waals surface area contributed by atoms with Crippen molar-refractivity contribution in [3.05, 3.63) is 0 Å². The SMILES string of the molecule is CC(C)(C)OC(=O)NCCCC[C@H]1COCN1. The van der Waals surface area contributed by atoms with E-state index in [1.165, 1.54) is 0 Å². The van der Waals surface area contributed by atoms with Crippen LogP contribution in [-0.2, 0) is 9.47 Å². The van der Waals surface area contributed by atoms with Gasteiger partial charge in [0, 0.05) is 12.6 Å². The summed E-state index contributed by atoms with van der Waals surface area (Å²) in [4.78, 5) is 11.3. The number of ether oxygens (including phenoxy) is 2. The fourth-order valence-electron chi connectivity index (χ4n) is 1.64. The Labute approximate surface area is 103 Å². The van der Waals surface area contributed by atoms with E-state index in [4.69, 9.17) is 9.47 Å². The maximum Gasteiger partial charge on any atom is 0.407 e. The van der Waals surface area contributed by atoms with Gasteiger partial charge in [-0.25, -0.2) is 4.79 Å². The molecule has 0 bridgehead atoms. The highest BCUT2D eigenvalue weighted by molar-refractivity contribution is 5.67. The minimum absolute atomic E-state index is 0.333. The molecule has 0 aromatic heterocycles. The Bertz CT molecular complexity index is 232. The molecule has 2 N–H and O–H groups in total. The molecule has 1 fully saturated rings. The van der Waals surface area contributed by atoms with Gasteiger partial charge < -0.3 is 14.8 Å². The summed E-state index contributed by atoms with van der Waals surface area (Å²) in [5.41, 5.74) is -0.421. The first-order valence-corrected chi connectivity index (χ1v) is 6.25. The van der Waals surface area contributed by atoms with E-state index in [2.05, 4.69) is 10.6 Å². The normalized spacial score (nSPS) is 20.3. The van der Waals surface area contributed by atoms with Crippen molar-refractivity contribution in [1.29, 1.82) is 0 Å². The predicted octanol–water partition coefficient (Wildman–Crippen LogP) is 1.63. The smallest absolute Gasteiger partial charge is 0.407 e. The van der Waals surface area contributed by atoms with E-state index in [9.17, 15) is 4.79 Å². The number of carbonyl (C=O) groups excluding carboxylic acids is 1. The lowest BCUT2D eigenvalue weighted by molar-refractivity contribution is 0.0527. The van der Waals surface area contributed by atoms with Gasteiger partial charge in [0.2, 0.25) is 0 Å². The highest BCUT2D eigenvalue weighted by Gasteiger charge is 2.16. The predicted molar refractivity (Wildman–Crippen MR) is 65.8 cm³/mol. The number of nitrogens with one attached hydrogen (secondary N) is 2. The van der Waals surface area contributed by atoms with Crippen molar-refractivity contribution in [2.24, 2.45) is 0 Å². The second-order valence-electron chi connectivity index (χ2n) is 5.34. The van der Waals surface area contributed by atoms with E-state index in [1.807, 2.05) is 20.8 Å². The Morgan fingerprint density at radius 2 is 2.24 bits per heavy atom. The van der Waals surface area contributed by atoms with Crippen LogP contribution in [-0.4, -0.2) is 37.6 Å². The van der Waals surface area contributed by atoms with E-state index in [-0.39, 0.29) is 6.09 Å². The fraction of sp³-hybridized carbons (Fsp3) is 0.917. The Morgan fingerprint density at radius 1 is 1.47 bits per heavy atom. The molecule has 0 aromatic rings. The van der Waals surface area contributed by atoms with Crippen molar-refractivity contribution in [3.63, 3.8) is 0 Å². The summed E-state index contributed by atoms with van der Waals surface area (Å²) in [6.45, 7) is 7.72. The Balaban J connectivity index is 1.94. The van der Waals surface area contributed by atoms with Crippen LogP contribution in [0.2, 0.25) is 0 Å². The van der Waals surface area contributed by atoms with Crippen LogP contribution in [0.3, 0.4) is 0 Å². The van der Waals surface area contributed by atoms with Gasteiger partial charge in [-0.1, -0.05) is 6.42 Å². The van der Waals surface area contributed by atoms with Crippen LogP contribution < -0.4 is 10.6 Å². The van der Waals surface area contributed by atoms with Crippen molar-refractivity contribution in [3.8, 4) is 0 Å². The fourth-order valence-corrected chi connectivity index (χ4v) is 1.64. The lowest BCUT2D eigenvalue weighted by Gasteiger charge is -2.19. The van der Waals surface area contributed by atoms with Crippen LogP contribution >= 0.6 is 0 Å². The number of carbonyl (C=O) groups is 1. The molecule has 17 heavy (non-hydrogen) atoms. The molecular weight excluding hydrogens is 220 g/mol. The topological polar surface area (TPSA) is 59.6 Å². The van der Waals surface area contributed by atoms with Crippen LogP contribution in [0.4, 0.5) is 4.79 Å². The van der Waals surface area contributed by atoms with Crippen LogP contribution in [0.15, 0.2) is 0 Å². The average molecular weight is 244 g/mol. The number of hydrogen-bond acceptors (Lipinski definition) is 4. The van der Waals surface area contributed by atoms with Crippen molar-refractivity contribution in [2.45, 2.75) is 51.7 Å². The van der Waals surface area contributed by atoms with Gasteiger partial charge in [-0.05, 0) is 33.6 Å². The minimum atomic E-state index is -0.421. The summed E-state index contributed by atoms with van der Waals surface area (Å²) < 4.78 is 10.3. The van der Waals surface area contributed by atoms with Gasteiger partial charge in [-0.3, -0.25) is 5.32 Å². The lowest BCUT2D eigenvalue weighted by Crippen LogP contribution is -2.33. The second kappa shape index (κ2) is 6.81. The number of amides is 1. The maximum atomic E-state index is 11.3. The highest BCUT2D eigenvalue weighted by Crippen LogP contribution is 2.07. The first kappa shape index (κ1) is 14.3. The van der Waals surface area contributed by atoms with Crippen molar-refractivity contribution >= 4 is 6.09 Å². The first-order valence-electron chi connectivity index (χ1n) is 6.25. The summed E-state index contributed by atoms with van der Waals surface area (Å²) >= 11 is 0. The molecule has 0 radical (unpaired) electrons. The summed E-state index contributed by atoms with van der Waals surface area (Å²) in [5, 5.41) is 6.00. The maximum absolute atomic E-state index is 11.3. The molecule has 1 saturated heterocycles. The molecule has 1 rings (SSSR count). The summed E-state index contributed by atoms with van der Waals surface area (Å²) in [6, 6.07) is 0.483. The zero-order chi connectivity index (χ0) is 12.7. The molecular formula is C12H24N2O3. The number of rotatable bonds is 5. The van der Waals surface area contributed by atoms with Gasteiger partial charge in [0.25, 0.3) is 0 Å². The largest absolute Gasteiger partial charge is 0.444 e. The molecule has 1 aliphatic rings. The van der Waals surface area contributed by atoms with Gasteiger partial charge in [-0.2, -0.15) is 0 Å². The third-order valence-corrected chi connectivity index (χ3v) is 2.44. The van der Waals surface area contributed by atoms with E-state index in [0.717, 1.165) is 25.9 Å². The molecule has 100 valence electrons. The van der Waals surface area contributed by atoms with E-state index < -0.39 is 5.60 Å². The summed E-state index contributed by atoms with van der Waals surface area (Å²) in [7, 11) is 0. The van der Waals surface area contributed by atoms with Gasteiger partial charge in [0.1, 0.15) is 5.60 Å². The molecule has 0 saturated carbocycles. The van der Waals surface area contributed by atoms with Gasteiger partial charge in [0.05, 0.1) is 13.3 Å². The van der Waals surface area contributed by atoms with E-state index >= 15 is 0 Å². The number of alkyl carbamates (subject to hydrolysis) is 1. The molecule has 1 aliphatic heterocycles. The zero-order valence-corrected chi connectivity index (χ0v) is 11.0. The highest BCUT2D eigenvalue weighted by atomic mass is 16.6. The standard InChI is InChI=1S/C12H24N2O3/c1-12(2,3)17-11(15)13-7-5-4-6-10-8-16-9-14-10/h10,14H,4-9H2,1-3H3,(H,13,15)/t10-/m0/s1. The van der Waals surface area contributed by atoms with Gasteiger partial charge >= 0.3 is 6.09 Å². The van der Waals surface area contributed by atoms with Gasteiger partial charge in [-0.15, -0.1) is 0 Å². The third kappa shape index (κ3) is 7.18. The Hall–Kier alpha value is -0.810. The van der Waals surface area contributed by atoms with Crippen LogP contribution in [0.1, 0.15) is 40.0 Å². The van der Waals surface area contributed by atoms with Crippen LogP contribution in [0.25, 0.3) is 0 Å². The monoisotopic (exact) mass is 244 g/mol. The van der Waals surface area contributed by atoms with E-state index in [1.54, 1.807) is 0 Å².